The molecule has 0 unspecified atom stereocenters. The molecule has 23 heavy (non-hydrogen) atoms. The number of pyridine rings is 1. The van der Waals surface area contributed by atoms with E-state index in [1.807, 2.05) is 0 Å². The number of hydrogen-bond donors (Lipinski definition) is 1. The third-order valence-corrected chi connectivity index (χ3v) is 3.22. The van der Waals surface area contributed by atoms with Crippen molar-refractivity contribution in [3.63, 3.8) is 0 Å². The third-order valence-electron chi connectivity index (χ3n) is 2.85. The van der Waals surface area contributed by atoms with Gasteiger partial charge in [-0.1, -0.05) is 11.6 Å². The van der Waals surface area contributed by atoms with Gasteiger partial charge in [0.15, 0.2) is 0 Å². The molecule has 2 heterocycles. The molecule has 0 aliphatic rings. The van der Waals surface area contributed by atoms with Crippen molar-refractivity contribution in [1.82, 2.24) is 15.0 Å². The van der Waals surface area contributed by atoms with Crippen molar-refractivity contribution < 1.29 is 22.0 Å². The van der Waals surface area contributed by atoms with Gasteiger partial charge in [-0.2, -0.15) is 13.2 Å². The Morgan fingerprint density at radius 2 is 1.87 bits per heavy atom. The van der Waals surface area contributed by atoms with Gasteiger partial charge in [0, 0.05) is 24.9 Å². The van der Waals surface area contributed by atoms with Gasteiger partial charge in [0.05, 0.1) is 5.56 Å². The molecule has 0 atom stereocenters. The molecule has 0 radical (unpaired) electrons. The second-order valence-electron chi connectivity index (χ2n) is 4.43. The minimum Gasteiger partial charge on any atom is -0.368 e. The highest BCUT2D eigenvalue weighted by Gasteiger charge is 2.30. The summed E-state index contributed by atoms with van der Waals surface area (Å²) in [5, 5.41) is 2.43. The first-order valence-corrected chi connectivity index (χ1v) is 6.71. The maximum atomic E-state index is 12.6. The van der Waals surface area contributed by atoms with Crippen LogP contribution in [0.2, 0.25) is 5.02 Å². The molecule has 2 aromatic rings. The molecular weight excluding hydrogens is 343 g/mol. The van der Waals surface area contributed by atoms with E-state index in [0.29, 0.717) is 5.69 Å². The van der Waals surface area contributed by atoms with Crippen molar-refractivity contribution in [3.8, 4) is 0 Å². The number of rotatable bonds is 5. The van der Waals surface area contributed by atoms with Crippen LogP contribution in [0.25, 0.3) is 0 Å². The van der Waals surface area contributed by atoms with Crippen molar-refractivity contribution >= 4 is 17.4 Å². The maximum Gasteiger partial charge on any atom is 0.417 e. The Balaban J connectivity index is 1.97. The van der Waals surface area contributed by atoms with Crippen molar-refractivity contribution in [3.05, 3.63) is 46.6 Å². The van der Waals surface area contributed by atoms with Crippen LogP contribution in [0, 0.1) is 0 Å². The van der Waals surface area contributed by atoms with Crippen molar-refractivity contribution in [2.24, 2.45) is 0 Å². The first kappa shape index (κ1) is 17.3. The summed E-state index contributed by atoms with van der Waals surface area (Å²) in [4.78, 5) is 10.8. The van der Waals surface area contributed by atoms with E-state index in [1.165, 1.54) is 6.07 Å². The van der Waals surface area contributed by atoms with Gasteiger partial charge in [-0.05, 0) is 12.1 Å². The number of anilines is 1. The number of aromatic nitrogens is 3. The molecule has 0 aliphatic heterocycles. The normalized spacial score (nSPS) is 11.8. The lowest BCUT2D eigenvalue weighted by Crippen LogP contribution is -2.10. The molecule has 2 rings (SSSR count). The largest absolute Gasteiger partial charge is 0.417 e. The van der Waals surface area contributed by atoms with Crippen LogP contribution in [0.4, 0.5) is 27.8 Å². The Bertz CT molecular complexity index is 660. The Morgan fingerprint density at radius 1 is 1.13 bits per heavy atom. The standard InChI is InChI=1S/C13H10ClF5N4/c14-9-10(11(15)16)22-6-23-12(9)20-4-3-8-2-1-7(5-21-8)13(17,18)19/h1-2,5-6,11H,3-4H2,(H,20,22,23). The van der Waals surface area contributed by atoms with Gasteiger partial charge in [0.25, 0.3) is 6.43 Å². The summed E-state index contributed by atoms with van der Waals surface area (Å²) in [7, 11) is 0. The average Bonchev–Trinajstić information content (AvgIpc) is 2.48. The lowest BCUT2D eigenvalue weighted by molar-refractivity contribution is -0.137. The molecule has 10 heteroatoms. The zero-order valence-corrected chi connectivity index (χ0v) is 12.2. The van der Waals surface area contributed by atoms with Crippen LogP contribution in [0.1, 0.15) is 23.4 Å². The van der Waals surface area contributed by atoms with E-state index in [1.54, 1.807) is 0 Å². The van der Waals surface area contributed by atoms with Crippen LogP contribution in [-0.2, 0) is 12.6 Å². The summed E-state index contributed by atoms with van der Waals surface area (Å²) in [6.45, 7) is 0.206. The van der Waals surface area contributed by atoms with Crippen LogP contribution >= 0.6 is 11.6 Å². The molecule has 0 fully saturated rings. The summed E-state index contributed by atoms with van der Waals surface area (Å²) in [5.41, 5.74) is -1.02. The zero-order chi connectivity index (χ0) is 17.0. The van der Waals surface area contributed by atoms with Crippen molar-refractivity contribution in [2.45, 2.75) is 19.0 Å². The van der Waals surface area contributed by atoms with E-state index in [2.05, 4.69) is 20.3 Å². The molecule has 1 N–H and O–H groups in total. The molecule has 0 aromatic carbocycles. The van der Waals surface area contributed by atoms with Gasteiger partial charge in [-0.25, -0.2) is 18.7 Å². The molecule has 2 aromatic heterocycles. The monoisotopic (exact) mass is 352 g/mol. The Labute approximate surface area is 132 Å². The number of nitrogens with zero attached hydrogens (tertiary/aromatic N) is 3. The van der Waals surface area contributed by atoms with Crippen LogP contribution in [0.5, 0.6) is 0 Å². The van der Waals surface area contributed by atoms with Gasteiger partial charge in [-0.3, -0.25) is 4.98 Å². The van der Waals surface area contributed by atoms with E-state index in [-0.39, 0.29) is 23.8 Å². The topological polar surface area (TPSA) is 50.7 Å². The lowest BCUT2D eigenvalue weighted by atomic mass is 10.2. The molecule has 0 bridgehead atoms. The molecule has 0 saturated heterocycles. The highest BCUT2D eigenvalue weighted by atomic mass is 35.5. The Morgan fingerprint density at radius 3 is 2.43 bits per heavy atom. The van der Waals surface area contributed by atoms with E-state index in [0.717, 1.165) is 18.6 Å². The van der Waals surface area contributed by atoms with Crippen molar-refractivity contribution in [1.29, 1.82) is 0 Å². The summed E-state index contributed by atoms with van der Waals surface area (Å²) in [5.74, 6) is 0.0314. The number of halogens is 6. The number of hydrogen-bond acceptors (Lipinski definition) is 4. The van der Waals surface area contributed by atoms with Gasteiger partial charge in [0.1, 0.15) is 22.9 Å². The summed E-state index contributed by atoms with van der Waals surface area (Å²) in [6.07, 6.45) is -5.32. The molecule has 0 aliphatic carbocycles. The molecular formula is C13H10ClF5N4. The van der Waals surface area contributed by atoms with Gasteiger partial charge in [-0.15, -0.1) is 0 Å². The summed E-state index contributed by atoms with van der Waals surface area (Å²) in [6, 6.07) is 2.17. The predicted molar refractivity (Wildman–Crippen MR) is 73.4 cm³/mol. The molecule has 0 saturated carbocycles. The number of nitrogens with one attached hydrogen (secondary N) is 1. The molecule has 4 nitrogen and oxygen atoms in total. The summed E-state index contributed by atoms with van der Waals surface area (Å²) >= 11 is 5.75. The fourth-order valence-corrected chi connectivity index (χ4v) is 1.95. The van der Waals surface area contributed by atoms with Crippen LogP contribution in [0.15, 0.2) is 24.7 Å². The predicted octanol–water partition coefficient (Wildman–Crippen LogP) is 4.14. The smallest absolute Gasteiger partial charge is 0.368 e. The van der Waals surface area contributed by atoms with Gasteiger partial charge >= 0.3 is 6.18 Å². The second-order valence-corrected chi connectivity index (χ2v) is 4.81. The fraction of sp³-hybridized carbons (Fsp3) is 0.308. The van der Waals surface area contributed by atoms with Crippen LogP contribution in [-0.4, -0.2) is 21.5 Å². The highest BCUT2D eigenvalue weighted by Crippen LogP contribution is 2.29. The minimum absolute atomic E-state index is 0.0314. The Hall–Kier alpha value is -2.03. The quantitative estimate of drug-likeness (QED) is 0.822. The molecule has 0 spiro atoms. The van der Waals surface area contributed by atoms with E-state index in [9.17, 15) is 22.0 Å². The van der Waals surface area contributed by atoms with Crippen LogP contribution in [0.3, 0.4) is 0 Å². The SMILES string of the molecule is FC(F)c1ncnc(NCCc2ccc(C(F)(F)F)cn2)c1Cl. The first-order valence-electron chi connectivity index (χ1n) is 6.33. The van der Waals surface area contributed by atoms with Crippen LogP contribution < -0.4 is 5.32 Å². The van der Waals surface area contributed by atoms with Gasteiger partial charge in [0.2, 0.25) is 0 Å². The van der Waals surface area contributed by atoms with E-state index >= 15 is 0 Å². The highest BCUT2D eigenvalue weighted by molar-refractivity contribution is 6.33. The summed E-state index contributed by atoms with van der Waals surface area (Å²) < 4.78 is 62.4. The molecule has 0 amide bonds. The lowest BCUT2D eigenvalue weighted by Gasteiger charge is -2.10. The maximum absolute atomic E-state index is 12.6. The number of alkyl halides is 5. The van der Waals surface area contributed by atoms with Gasteiger partial charge < -0.3 is 5.32 Å². The molecule has 124 valence electrons. The fourth-order valence-electron chi connectivity index (χ4n) is 1.71. The van der Waals surface area contributed by atoms with E-state index in [4.69, 9.17) is 11.6 Å². The first-order chi connectivity index (χ1) is 10.8. The second kappa shape index (κ2) is 7.03. The third kappa shape index (κ3) is 4.47. The average molecular weight is 353 g/mol. The minimum atomic E-state index is -4.44. The van der Waals surface area contributed by atoms with E-state index < -0.39 is 23.9 Å². The van der Waals surface area contributed by atoms with Crippen molar-refractivity contribution in [2.75, 3.05) is 11.9 Å². The zero-order valence-electron chi connectivity index (χ0n) is 11.4. The Kier molecular flexibility index (Phi) is 5.30.